The van der Waals surface area contributed by atoms with Crippen molar-refractivity contribution in [2.45, 2.75) is 31.3 Å². The average molecular weight is 487 g/mol. The number of rotatable bonds is 10. The molecule has 188 valence electrons. The second kappa shape index (κ2) is 10.9. The molecule has 12 nitrogen and oxygen atoms in total. The second-order valence-corrected chi connectivity index (χ2v) is 8.85. The molecule has 5 amide bonds. The Bertz CT molecular complexity index is 1030. The number of carbonyl (C=O) groups excluding carboxylic acids is 5. The highest BCUT2D eigenvalue weighted by atomic mass is 16.5. The normalized spacial score (nSPS) is 22.4. The number of fused-ring (bicyclic) bond motifs is 1. The van der Waals surface area contributed by atoms with E-state index in [1.54, 1.807) is 18.2 Å². The molecule has 3 aliphatic rings. The minimum atomic E-state index is -1.01. The maximum Gasteiger partial charge on any atom is 0.264 e. The number of piperidine rings is 1. The van der Waals surface area contributed by atoms with Crippen LogP contribution in [0.3, 0.4) is 0 Å². The van der Waals surface area contributed by atoms with Crippen molar-refractivity contribution < 1.29 is 28.7 Å². The number of likely N-dealkylation sites (tertiary alicyclic amines) is 1. The zero-order valence-corrected chi connectivity index (χ0v) is 19.4. The summed E-state index contributed by atoms with van der Waals surface area (Å²) >= 11 is 0. The SMILES string of the molecule is NC1CCN(CC(=O)NCCOCCNc2cccc3c2C(=O)N(C2CCC(=O)NC2=O)C3=O)C1. The lowest BCUT2D eigenvalue weighted by Crippen LogP contribution is -2.54. The van der Waals surface area contributed by atoms with Crippen LogP contribution in [0.2, 0.25) is 0 Å². The van der Waals surface area contributed by atoms with Crippen molar-refractivity contribution in [2.24, 2.45) is 5.73 Å². The number of nitrogens with one attached hydrogen (secondary N) is 3. The van der Waals surface area contributed by atoms with Crippen LogP contribution < -0.4 is 21.7 Å². The monoisotopic (exact) mass is 486 g/mol. The third-order valence-corrected chi connectivity index (χ3v) is 6.27. The summed E-state index contributed by atoms with van der Waals surface area (Å²) in [7, 11) is 0. The van der Waals surface area contributed by atoms with Crippen LogP contribution in [0.5, 0.6) is 0 Å². The van der Waals surface area contributed by atoms with Crippen LogP contribution in [0.25, 0.3) is 0 Å². The maximum absolute atomic E-state index is 13.1. The van der Waals surface area contributed by atoms with Gasteiger partial charge in [0.25, 0.3) is 11.8 Å². The lowest BCUT2D eigenvalue weighted by molar-refractivity contribution is -0.136. The van der Waals surface area contributed by atoms with Gasteiger partial charge in [-0.05, 0) is 25.0 Å². The van der Waals surface area contributed by atoms with Crippen molar-refractivity contribution in [2.75, 3.05) is 51.3 Å². The first-order valence-corrected chi connectivity index (χ1v) is 11.8. The number of carbonyl (C=O) groups is 5. The maximum atomic E-state index is 13.1. The topological polar surface area (TPSA) is 163 Å². The van der Waals surface area contributed by atoms with E-state index >= 15 is 0 Å². The zero-order chi connectivity index (χ0) is 24.9. The summed E-state index contributed by atoms with van der Waals surface area (Å²) in [4.78, 5) is 64.5. The second-order valence-electron chi connectivity index (χ2n) is 8.85. The molecule has 2 fully saturated rings. The minimum Gasteiger partial charge on any atom is -0.382 e. The number of nitrogens with zero attached hydrogens (tertiary/aromatic N) is 2. The van der Waals surface area contributed by atoms with Crippen LogP contribution in [0.1, 0.15) is 40.0 Å². The fraction of sp³-hybridized carbons (Fsp3) is 0.522. The van der Waals surface area contributed by atoms with Crippen molar-refractivity contribution in [1.29, 1.82) is 0 Å². The number of hydrogen-bond acceptors (Lipinski definition) is 9. The number of hydrogen-bond donors (Lipinski definition) is 4. The Balaban J connectivity index is 1.22. The molecule has 0 bridgehead atoms. The van der Waals surface area contributed by atoms with Gasteiger partial charge in [0.15, 0.2) is 0 Å². The Morgan fingerprint density at radius 2 is 1.91 bits per heavy atom. The summed E-state index contributed by atoms with van der Waals surface area (Å²) in [5.41, 5.74) is 6.73. The molecule has 35 heavy (non-hydrogen) atoms. The summed E-state index contributed by atoms with van der Waals surface area (Å²) in [5.74, 6) is -2.24. The number of nitrogens with two attached hydrogens (primary N) is 1. The van der Waals surface area contributed by atoms with Crippen molar-refractivity contribution in [1.82, 2.24) is 20.4 Å². The molecule has 0 radical (unpaired) electrons. The van der Waals surface area contributed by atoms with Crippen molar-refractivity contribution in [3.05, 3.63) is 29.3 Å². The number of imide groups is 2. The lowest BCUT2D eigenvalue weighted by Gasteiger charge is -2.27. The first kappa shape index (κ1) is 24.8. The van der Waals surface area contributed by atoms with E-state index in [4.69, 9.17) is 10.5 Å². The molecule has 0 spiro atoms. The Labute approximate surface area is 202 Å². The first-order chi connectivity index (χ1) is 16.8. The van der Waals surface area contributed by atoms with Gasteiger partial charge in [-0.3, -0.25) is 39.1 Å². The molecule has 0 saturated carbocycles. The fourth-order valence-corrected chi connectivity index (χ4v) is 4.55. The summed E-state index contributed by atoms with van der Waals surface area (Å²) in [6.07, 6.45) is 1.08. The van der Waals surface area contributed by atoms with E-state index in [0.717, 1.165) is 24.4 Å². The number of anilines is 1. The van der Waals surface area contributed by atoms with E-state index in [1.165, 1.54) is 0 Å². The van der Waals surface area contributed by atoms with Crippen molar-refractivity contribution in [3.8, 4) is 0 Å². The van der Waals surface area contributed by atoms with Gasteiger partial charge in [0.2, 0.25) is 17.7 Å². The molecule has 3 aliphatic heterocycles. The van der Waals surface area contributed by atoms with Gasteiger partial charge in [-0.1, -0.05) is 6.07 Å². The van der Waals surface area contributed by atoms with Crippen LogP contribution in [-0.2, 0) is 19.1 Å². The quantitative estimate of drug-likeness (QED) is 0.232. The zero-order valence-electron chi connectivity index (χ0n) is 19.4. The molecule has 1 aromatic carbocycles. The van der Waals surface area contributed by atoms with E-state index < -0.39 is 29.7 Å². The summed E-state index contributed by atoms with van der Waals surface area (Å²) in [6, 6.07) is 4.01. The number of benzene rings is 1. The van der Waals surface area contributed by atoms with Crippen molar-refractivity contribution in [3.63, 3.8) is 0 Å². The van der Waals surface area contributed by atoms with Crippen LogP contribution in [-0.4, -0.2) is 97.4 Å². The lowest BCUT2D eigenvalue weighted by atomic mass is 10.0. The van der Waals surface area contributed by atoms with Crippen LogP contribution in [0.15, 0.2) is 18.2 Å². The third kappa shape index (κ3) is 5.66. The third-order valence-electron chi connectivity index (χ3n) is 6.27. The Morgan fingerprint density at radius 1 is 1.11 bits per heavy atom. The summed E-state index contributed by atoms with van der Waals surface area (Å²) in [6.45, 7) is 3.30. The van der Waals surface area contributed by atoms with Gasteiger partial charge in [0.05, 0.1) is 30.9 Å². The van der Waals surface area contributed by atoms with E-state index in [-0.39, 0.29) is 35.9 Å². The van der Waals surface area contributed by atoms with Gasteiger partial charge >= 0.3 is 0 Å². The molecule has 0 aliphatic carbocycles. The highest BCUT2D eigenvalue weighted by molar-refractivity contribution is 6.25. The van der Waals surface area contributed by atoms with Crippen LogP contribution >= 0.6 is 0 Å². The largest absolute Gasteiger partial charge is 0.382 e. The Morgan fingerprint density at radius 3 is 2.66 bits per heavy atom. The van der Waals surface area contributed by atoms with E-state index in [0.29, 0.717) is 38.5 Å². The van der Waals surface area contributed by atoms with Crippen molar-refractivity contribution >= 4 is 35.2 Å². The molecule has 1 aromatic rings. The molecular weight excluding hydrogens is 456 g/mol. The van der Waals surface area contributed by atoms with Gasteiger partial charge in [0, 0.05) is 44.3 Å². The molecule has 4 rings (SSSR count). The molecule has 2 atom stereocenters. The van der Waals surface area contributed by atoms with Gasteiger partial charge < -0.3 is 21.1 Å². The molecule has 5 N–H and O–H groups in total. The summed E-state index contributed by atoms with van der Waals surface area (Å²) in [5, 5.41) is 8.10. The van der Waals surface area contributed by atoms with Crippen LogP contribution in [0, 0.1) is 0 Å². The molecule has 12 heteroatoms. The highest BCUT2D eigenvalue weighted by Crippen LogP contribution is 2.32. The molecule has 3 heterocycles. The average Bonchev–Trinajstić information content (AvgIpc) is 3.34. The predicted molar refractivity (Wildman–Crippen MR) is 124 cm³/mol. The van der Waals surface area contributed by atoms with Gasteiger partial charge in [-0.15, -0.1) is 0 Å². The number of amides is 5. The van der Waals surface area contributed by atoms with Crippen LogP contribution in [0.4, 0.5) is 5.69 Å². The number of ether oxygens (including phenoxy) is 1. The smallest absolute Gasteiger partial charge is 0.264 e. The van der Waals surface area contributed by atoms with Gasteiger partial charge in [-0.2, -0.15) is 0 Å². The Hall–Kier alpha value is -3.35. The minimum absolute atomic E-state index is 0.0654. The first-order valence-electron chi connectivity index (χ1n) is 11.8. The van der Waals surface area contributed by atoms with Gasteiger partial charge in [0.1, 0.15) is 6.04 Å². The molecule has 2 unspecified atom stereocenters. The molecular formula is C23H30N6O6. The van der Waals surface area contributed by atoms with Gasteiger partial charge in [-0.25, -0.2) is 0 Å². The van der Waals surface area contributed by atoms with E-state index in [9.17, 15) is 24.0 Å². The van der Waals surface area contributed by atoms with E-state index in [2.05, 4.69) is 16.0 Å². The molecule has 0 aromatic heterocycles. The Kier molecular flexibility index (Phi) is 7.73. The predicted octanol–water partition coefficient (Wildman–Crippen LogP) is -1.33. The fourth-order valence-electron chi connectivity index (χ4n) is 4.55. The standard InChI is InChI=1S/C23H30N6O6/c24-14-6-9-28(12-14)13-19(31)26-8-11-35-10-7-25-16-3-1-2-15-20(16)23(34)29(22(15)33)17-4-5-18(30)27-21(17)32/h1-3,14,17,25H,4-13,24H2,(H,26,31)(H,27,30,32). The molecule has 2 saturated heterocycles. The highest BCUT2D eigenvalue weighted by Gasteiger charge is 2.45. The van der Waals surface area contributed by atoms with E-state index in [1.807, 2.05) is 4.90 Å². The summed E-state index contributed by atoms with van der Waals surface area (Å²) < 4.78 is 5.54.